The van der Waals surface area contributed by atoms with Crippen molar-refractivity contribution in [3.05, 3.63) is 89.0 Å². The first kappa shape index (κ1) is 25.6. The number of H-pyrrole nitrogens is 1. The zero-order valence-electron chi connectivity index (χ0n) is 20.1. The number of benzene rings is 3. The van der Waals surface area contributed by atoms with Crippen LogP contribution in [0.1, 0.15) is 27.0 Å². The summed E-state index contributed by atoms with van der Waals surface area (Å²) in [6, 6.07) is 16.6. The van der Waals surface area contributed by atoms with Crippen molar-refractivity contribution in [2.45, 2.75) is 18.4 Å². The van der Waals surface area contributed by atoms with Crippen molar-refractivity contribution in [2.24, 2.45) is 0 Å². The van der Waals surface area contributed by atoms with Gasteiger partial charge in [0.1, 0.15) is 5.75 Å². The Hall–Kier alpha value is -5.07. The van der Waals surface area contributed by atoms with Crippen molar-refractivity contribution >= 4 is 35.0 Å². The van der Waals surface area contributed by atoms with Crippen LogP contribution < -0.4 is 10.1 Å². The highest BCUT2D eigenvalue weighted by atomic mass is 19.4. The van der Waals surface area contributed by atoms with E-state index in [-0.39, 0.29) is 40.2 Å². The number of halogens is 3. The number of fused-ring (bicyclic) bond motifs is 2. The second-order valence-corrected chi connectivity index (χ2v) is 8.56. The number of carbonyl (C=O) groups is 3. The number of carbonyl (C=O) groups excluding carboxylic acids is 2. The second-order valence-electron chi connectivity index (χ2n) is 8.56. The van der Waals surface area contributed by atoms with Gasteiger partial charge >= 0.3 is 18.2 Å². The summed E-state index contributed by atoms with van der Waals surface area (Å²) in [6.45, 7) is -0.227. The number of carboxylic acid groups (broad SMARTS) is 1. The smallest absolute Gasteiger partial charge is 0.491 e. The van der Waals surface area contributed by atoms with Gasteiger partial charge in [0.05, 0.1) is 24.7 Å². The molecule has 2 amide bonds. The lowest BCUT2D eigenvalue weighted by molar-refractivity contribution is -0.222. The van der Waals surface area contributed by atoms with Crippen LogP contribution in [0.5, 0.6) is 5.75 Å². The third-order valence-electron chi connectivity index (χ3n) is 6.22. The Morgan fingerprint density at radius 1 is 1.10 bits per heavy atom. The van der Waals surface area contributed by atoms with Crippen LogP contribution in [-0.2, 0) is 21.8 Å². The summed E-state index contributed by atoms with van der Waals surface area (Å²) in [6.07, 6.45) is -6.75. The fourth-order valence-electron chi connectivity index (χ4n) is 4.55. The molecule has 5 rings (SSSR count). The fraction of sp³-hybridized carbons (Fsp3) is 0.154. The van der Waals surface area contributed by atoms with Gasteiger partial charge in [-0.2, -0.15) is 13.2 Å². The summed E-state index contributed by atoms with van der Waals surface area (Å²) in [5.74, 6) is -2.76. The molecular weight excluding hydrogens is 521 g/mol. The minimum absolute atomic E-state index is 0.00457. The van der Waals surface area contributed by atoms with E-state index < -0.39 is 29.9 Å². The average Bonchev–Trinajstić information content (AvgIpc) is 3.40. The molecular formula is C26H19F3N4O6. The quantitative estimate of drug-likeness (QED) is 0.304. The minimum atomic E-state index is -5.37. The van der Waals surface area contributed by atoms with Crippen LogP contribution in [0.15, 0.2) is 66.7 Å². The summed E-state index contributed by atoms with van der Waals surface area (Å²) in [4.78, 5) is 44.9. The molecule has 4 aromatic rings. The summed E-state index contributed by atoms with van der Waals surface area (Å²) in [5, 5.41) is 11.1. The molecule has 0 bridgehead atoms. The van der Waals surface area contributed by atoms with Crippen LogP contribution in [0.2, 0.25) is 0 Å². The lowest BCUT2D eigenvalue weighted by atomic mass is 9.92. The number of methoxy groups -OCH3 is 1. The Morgan fingerprint density at radius 2 is 1.82 bits per heavy atom. The van der Waals surface area contributed by atoms with Crippen LogP contribution in [0.25, 0.3) is 11.0 Å². The molecule has 0 fully saturated rings. The minimum Gasteiger partial charge on any atom is -0.497 e. The molecule has 1 aliphatic heterocycles. The zero-order chi connectivity index (χ0) is 27.9. The molecule has 13 heteroatoms. The van der Waals surface area contributed by atoms with E-state index in [0.29, 0.717) is 11.3 Å². The number of ether oxygens (including phenoxy) is 2. The highest BCUT2D eigenvalue weighted by Gasteiger charge is 2.57. The maximum atomic E-state index is 13.7. The van der Waals surface area contributed by atoms with E-state index in [9.17, 15) is 27.6 Å². The van der Waals surface area contributed by atoms with Gasteiger partial charge < -0.3 is 19.6 Å². The monoisotopic (exact) mass is 540 g/mol. The molecule has 2 heterocycles. The Balaban J connectivity index is 1.72. The Kier molecular flexibility index (Phi) is 6.13. The van der Waals surface area contributed by atoms with E-state index >= 15 is 0 Å². The number of nitrogens with zero attached hydrogens (tertiary/aromatic N) is 2. The maximum Gasteiger partial charge on any atom is 0.491 e. The van der Waals surface area contributed by atoms with E-state index in [1.165, 1.54) is 43.5 Å². The second kappa shape index (κ2) is 9.35. The van der Waals surface area contributed by atoms with Crippen LogP contribution in [0.4, 0.5) is 23.9 Å². The predicted molar refractivity (Wildman–Crippen MR) is 130 cm³/mol. The van der Waals surface area contributed by atoms with E-state index in [2.05, 4.69) is 15.3 Å². The highest BCUT2D eigenvalue weighted by Crippen LogP contribution is 2.47. The molecule has 0 saturated heterocycles. The largest absolute Gasteiger partial charge is 0.497 e. The molecule has 39 heavy (non-hydrogen) atoms. The molecule has 3 N–H and O–H groups in total. The first-order valence-electron chi connectivity index (χ1n) is 11.4. The molecule has 1 unspecified atom stereocenters. The van der Waals surface area contributed by atoms with Crippen molar-refractivity contribution < 1.29 is 42.1 Å². The van der Waals surface area contributed by atoms with Crippen LogP contribution in [-0.4, -0.2) is 51.2 Å². The van der Waals surface area contributed by atoms with Crippen molar-refractivity contribution in [1.29, 1.82) is 0 Å². The molecule has 0 aliphatic carbocycles. The predicted octanol–water partition coefficient (Wildman–Crippen LogP) is 4.62. The molecule has 0 spiro atoms. The van der Waals surface area contributed by atoms with Gasteiger partial charge in [-0.15, -0.1) is 0 Å². The Labute approximate surface area is 218 Å². The molecule has 200 valence electrons. The number of anilines is 1. The van der Waals surface area contributed by atoms with Gasteiger partial charge in [-0.05, 0) is 35.9 Å². The average molecular weight is 540 g/mol. The van der Waals surface area contributed by atoms with Gasteiger partial charge in [-0.3, -0.25) is 15.0 Å². The number of rotatable bonds is 6. The SMILES string of the molecule is COc1ccc(CN2C(=O)c3ccccc3C2(OC(=O)C(F)(F)F)c2ccc3nc(NC(=O)O)[nH]c3c2)cc1. The fourth-order valence-corrected chi connectivity index (χ4v) is 4.55. The molecule has 3 aromatic carbocycles. The van der Waals surface area contributed by atoms with Gasteiger partial charge in [0.25, 0.3) is 5.91 Å². The van der Waals surface area contributed by atoms with Gasteiger partial charge in [0.2, 0.25) is 11.7 Å². The molecule has 10 nitrogen and oxygen atoms in total. The maximum absolute atomic E-state index is 13.7. The van der Waals surface area contributed by atoms with Crippen LogP contribution in [0, 0.1) is 0 Å². The number of alkyl halides is 3. The van der Waals surface area contributed by atoms with Crippen molar-refractivity contribution in [3.63, 3.8) is 0 Å². The zero-order valence-corrected chi connectivity index (χ0v) is 20.1. The molecule has 0 saturated carbocycles. The van der Waals surface area contributed by atoms with Crippen molar-refractivity contribution in [2.75, 3.05) is 12.4 Å². The first-order chi connectivity index (χ1) is 18.5. The highest BCUT2D eigenvalue weighted by molar-refractivity contribution is 6.01. The van der Waals surface area contributed by atoms with Crippen LogP contribution in [0.3, 0.4) is 0 Å². The number of nitrogens with one attached hydrogen (secondary N) is 2. The number of esters is 1. The summed E-state index contributed by atoms with van der Waals surface area (Å²) < 4.78 is 51.2. The summed E-state index contributed by atoms with van der Waals surface area (Å²) in [7, 11) is 1.47. The number of hydrogen-bond acceptors (Lipinski definition) is 6. The van der Waals surface area contributed by atoms with Crippen molar-refractivity contribution in [3.8, 4) is 5.75 Å². The topological polar surface area (TPSA) is 134 Å². The third-order valence-corrected chi connectivity index (χ3v) is 6.22. The van der Waals surface area contributed by atoms with Gasteiger partial charge in [-0.25, -0.2) is 14.6 Å². The van der Waals surface area contributed by atoms with Gasteiger partial charge in [-0.1, -0.05) is 36.4 Å². The van der Waals surface area contributed by atoms with Gasteiger partial charge in [0, 0.05) is 16.7 Å². The number of hydrogen-bond donors (Lipinski definition) is 3. The standard InChI is InChI=1S/C26H19F3N4O6/c1-38-16-9-6-14(7-10-16)13-33-21(34)17-4-2-3-5-18(17)25(33,39-22(35)26(27,28)29)15-8-11-19-20(12-15)31-23(30-19)32-24(36)37/h2-12H,13H2,1H3,(H,36,37)(H2,30,31,32). The summed E-state index contributed by atoms with van der Waals surface area (Å²) in [5.41, 5.74) is -1.20. The summed E-state index contributed by atoms with van der Waals surface area (Å²) >= 11 is 0. The number of imidazole rings is 1. The van der Waals surface area contributed by atoms with Gasteiger partial charge in [0.15, 0.2) is 0 Å². The van der Waals surface area contributed by atoms with E-state index in [1.807, 2.05) is 0 Å². The molecule has 1 atom stereocenters. The lowest BCUT2D eigenvalue weighted by Gasteiger charge is -2.39. The Morgan fingerprint density at radius 3 is 2.49 bits per heavy atom. The Bertz CT molecular complexity index is 1600. The molecule has 0 radical (unpaired) electrons. The number of aromatic nitrogens is 2. The number of aromatic amines is 1. The van der Waals surface area contributed by atoms with E-state index in [0.717, 1.165) is 4.90 Å². The molecule has 1 aromatic heterocycles. The third kappa shape index (κ3) is 4.47. The van der Waals surface area contributed by atoms with Crippen LogP contribution >= 0.6 is 0 Å². The van der Waals surface area contributed by atoms with E-state index in [4.69, 9.17) is 14.6 Å². The van der Waals surface area contributed by atoms with E-state index in [1.54, 1.807) is 30.3 Å². The molecule has 1 aliphatic rings. The first-order valence-corrected chi connectivity index (χ1v) is 11.4. The lowest BCUT2D eigenvalue weighted by Crippen LogP contribution is -2.49. The normalized spacial score (nSPS) is 16.7. The van der Waals surface area contributed by atoms with Crippen molar-refractivity contribution in [1.82, 2.24) is 14.9 Å². The number of amides is 2.